The molecule has 0 fully saturated rings. The molecule has 1 unspecified atom stereocenters. The number of aryl methyl sites for hydroxylation is 2. The van der Waals surface area contributed by atoms with Gasteiger partial charge in [-0.05, 0) is 30.7 Å². The lowest BCUT2D eigenvalue weighted by Gasteiger charge is -2.10. The normalized spacial score (nSPS) is 12.8. The molecule has 0 aliphatic carbocycles. The van der Waals surface area contributed by atoms with Gasteiger partial charge in [0.1, 0.15) is 6.10 Å². The van der Waals surface area contributed by atoms with E-state index < -0.39 is 6.10 Å². The largest absolute Gasteiger partial charge is 0.384 e. The van der Waals surface area contributed by atoms with E-state index in [1.807, 2.05) is 50.5 Å². The third-order valence-electron chi connectivity index (χ3n) is 3.29. The van der Waals surface area contributed by atoms with E-state index >= 15 is 0 Å². The van der Waals surface area contributed by atoms with E-state index in [9.17, 15) is 5.11 Å². The number of nitrogens with zero attached hydrogens (tertiary/aromatic N) is 3. The topological polar surface area (TPSA) is 50.9 Å². The minimum absolute atomic E-state index is 0.654. The molecule has 0 radical (unpaired) electrons. The summed E-state index contributed by atoms with van der Waals surface area (Å²) < 4.78 is 1.72. The van der Waals surface area contributed by atoms with Crippen LogP contribution in [0.2, 0.25) is 0 Å². The first-order chi connectivity index (χ1) is 9.15. The van der Waals surface area contributed by atoms with Crippen LogP contribution in [0.3, 0.4) is 0 Å². The van der Waals surface area contributed by atoms with E-state index in [1.54, 1.807) is 10.9 Å². The van der Waals surface area contributed by atoms with Crippen molar-refractivity contribution in [3.05, 3.63) is 59.5 Å². The molecule has 4 heteroatoms. The summed E-state index contributed by atoms with van der Waals surface area (Å²) in [7, 11) is 1.85. The molecule has 0 aliphatic heterocycles. The number of pyridine rings is 1. The summed E-state index contributed by atoms with van der Waals surface area (Å²) in [6.45, 7) is 1.90. The molecule has 3 aromatic rings. The van der Waals surface area contributed by atoms with Gasteiger partial charge in [0, 0.05) is 30.4 Å². The Hall–Kier alpha value is -2.20. The van der Waals surface area contributed by atoms with E-state index in [0.717, 1.165) is 27.7 Å². The third-order valence-corrected chi connectivity index (χ3v) is 3.29. The van der Waals surface area contributed by atoms with Crippen molar-refractivity contribution in [1.29, 1.82) is 0 Å². The van der Waals surface area contributed by atoms with Gasteiger partial charge in [-0.15, -0.1) is 0 Å². The van der Waals surface area contributed by atoms with Gasteiger partial charge in [-0.1, -0.05) is 12.1 Å². The summed E-state index contributed by atoms with van der Waals surface area (Å²) in [5.74, 6) is 0. The summed E-state index contributed by atoms with van der Waals surface area (Å²) in [6.07, 6.45) is 2.97. The van der Waals surface area contributed by atoms with Gasteiger partial charge in [-0.3, -0.25) is 9.67 Å². The first-order valence-corrected chi connectivity index (χ1v) is 6.18. The molecule has 0 amide bonds. The highest BCUT2D eigenvalue weighted by molar-refractivity contribution is 5.79. The number of rotatable bonds is 2. The van der Waals surface area contributed by atoms with Crippen LogP contribution in [0.25, 0.3) is 10.9 Å². The summed E-state index contributed by atoms with van der Waals surface area (Å²) in [5.41, 5.74) is 3.48. The molecule has 2 heterocycles. The second kappa shape index (κ2) is 4.48. The Morgan fingerprint density at radius 3 is 2.84 bits per heavy atom. The zero-order valence-corrected chi connectivity index (χ0v) is 10.9. The smallest absolute Gasteiger partial charge is 0.107 e. The van der Waals surface area contributed by atoms with Crippen LogP contribution in [0.4, 0.5) is 0 Å². The fraction of sp³-hybridized carbons (Fsp3) is 0.200. The van der Waals surface area contributed by atoms with Gasteiger partial charge in [-0.2, -0.15) is 5.10 Å². The molecule has 0 saturated carbocycles. The number of benzene rings is 1. The van der Waals surface area contributed by atoms with E-state index in [4.69, 9.17) is 0 Å². The monoisotopic (exact) mass is 253 g/mol. The predicted octanol–water partition coefficient (Wildman–Crippen LogP) is 2.36. The Bertz CT molecular complexity index is 733. The molecule has 19 heavy (non-hydrogen) atoms. The Morgan fingerprint density at radius 2 is 2.11 bits per heavy atom. The van der Waals surface area contributed by atoms with Crippen molar-refractivity contribution in [2.24, 2.45) is 7.05 Å². The molecule has 3 rings (SSSR count). The van der Waals surface area contributed by atoms with Crippen molar-refractivity contribution in [2.45, 2.75) is 13.0 Å². The molecule has 2 aromatic heterocycles. The third kappa shape index (κ3) is 2.11. The number of hydrogen-bond donors (Lipinski definition) is 1. The van der Waals surface area contributed by atoms with Gasteiger partial charge in [0.25, 0.3) is 0 Å². The van der Waals surface area contributed by atoms with Crippen molar-refractivity contribution < 1.29 is 5.11 Å². The maximum absolute atomic E-state index is 10.5. The fourth-order valence-electron chi connectivity index (χ4n) is 2.33. The summed E-state index contributed by atoms with van der Waals surface area (Å²) in [6, 6.07) is 9.70. The SMILES string of the molecule is Cc1nn(C)cc1C(O)c1ccc2ncccc2c1. The van der Waals surface area contributed by atoms with Crippen LogP contribution in [-0.4, -0.2) is 19.9 Å². The van der Waals surface area contributed by atoms with Crippen LogP contribution >= 0.6 is 0 Å². The number of hydrogen-bond acceptors (Lipinski definition) is 3. The molecule has 4 nitrogen and oxygen atoms in total. The van der Waals surface area contributed by atoms with Crippen molar-refractivity contribution in [2.75, 3.05) is 0 Å². The molecule has 96 valence electrons. The van der Waals surface area contributed by atoms with Gasteiger partial charge in [0.05, 0.1) is 11.2 Å². The lowest BCUT2D eigenvalue weighted by atomic mass is 10.0. The average Bonchev–Trinajstić information content (AvgIpc) is 2.76. The number of aliphatic hydroxyl groups is 1. The lowest BCUT2D eigenvalue weighted by Crippen LogP contribution is -2.00. The fourth-order valence-corrected chi connectivity index (χ4v) is 2.33. The average molecular weight is 253 g/mol. The first-order valence-electron chi connectivity index (χ1n) is 6.18. The second-order valence-corrected chi connectivity index (χ2v) is 4.70. The highest BCUT2D eigenvalue weighted by Gasteiger charge is 2.16. The Morgan fingerprint density at radius 1 is 1.26 bits per heavy atom. The Kier molecular flexibility index (Phi) is 2.80. The number of aromatic nitrogens is 3. The van der Waals surface area contributed by atoms with Crippen LogP contribution in [-0.2, 0) is 7.05 Å². The molecule has 0 saturated heterocycles. The van der Waals surface area contributed by atoms with Gasteiger partial charge in [-0.25, -0.2) is 0 Å². The molecule has 1 N–H and O–H groups in total. The van der Waals surface area contributed by atoms with E-state index in [1.165, 1.54) is 0 Å². The quantitative estimate of drug-likeness (QED) is 0.762. The van der Waals surface area contributed by atoms with Crippen LogP contribution in [0.5, 0.6) is 0 Å². The summed E-state index contributed by atoms with van der Waals surface area (Å²) in [5, 5.41) is 15.8. The zero-order chi connectivity index (χ0) is 13.4. The first kappa shape index (κ1) is 11.9. The molecule has 1 aromatic carbocycles. The standard InChI is InChI=1S/C15H15N3O/c1-10-13(9-18(2)17-10)15(19)12-5-6-14-11(8-12)4-3-7-16-14/h3-9,15,19H,1-2H3. The molecule has 0 bridgehead atoms. The molecule has 0 spiro atoms. The van der Waals surface area contributed by atoms with Crippen LogP contribution in [0.1, 0.15) is 22.9 Å². The lowest BCUT2D eigenvalue weighted by molar-refractivity contribution is 0.219. The van der Waals surface area contributed by atoms with E-state index in [-0.39, 0.29) is 0 Å². The maximum atomic E-state index is 10.5. The Balaban J connectivity index is 2.06. The predicted molar refractivity (Wildman–Crippen MR) is 73.7 cm³/mol. The van der Waals surface area contributed by atoms with Crippen LogP contribution < -0.4 is 0 Å². The summed E-state index contributed by atoms with van der Waals surface area (Å²) >= 11 is 0. The highest BCUT2D eigenvalue weighted by atomic mass is 16.3. The zero-order valence-electron chi connectivity index (χ0n) is 10.9. The van der Waals surface area contributed by atoms with E-state index in [0.29, 0.717) is 0 Å². The number of fused-ring (bicyclic) bond motifs is 1. The van der Waals surface area contributed by atoms with Crippen LogP contribution in [0, 0.1) is 6.92 Å². The maximum Gasteiger partial charge on any atom is 0.107 e. The number of aliphatic hydroxyl groups excluding tert-OH is 1. The minimum Gasteiger partial charge on any atom is -0.384 e. The van der Waals surface area contributed by atoms with Crippen molar-refractivity contribution >= 4 is 10.9 Å². The molecular weight excluding hydrogens is 238 g/mol. The molecular formula is C15H15N3O. The summed E-state index contributed by atoms with van der Waals surface area (Å²) in [4.78, 5) is 4.28. The van der Waals surface area contributed by atoms with Gasteiger partial charge < -0.3 is 5.11 Å². The van der Waals surface area contributed by atoms with Crippen LogP contribution in [0.15, 0.2) is 42.7 Å². The van der Waals surface area contributed by atoms with Crippen molar-refractivity contribution in [1.82, 2.24) is 14.8 Å². The molecule has 1 atom stereocenters. The highest BCUT2D eigenvalue weighted by Crippen LogP contribution is 2.26. The Labute approximate surface area is 111 Å². The van der Waals surface area contributed by atoms with E-state index in [2.05, 4.69) is 10.1 Å². The van der Waals surface area contributed by atoms with Gasteiger partial charge in [0.15, 0.2) is 0 Å². The minimum atomic E-state index is -0.654. The molecule has 0 aliphatic rings. The van der Waals surface area contributed by atoms with Gasteiger partial charge >= 0.3 is 0 Å². The van der Waals surface area contributed by atoms with Crippen molar-refractivity contribution in [3.63, 3.8) is 0 Å². The second-order valence-electron chi connectivity index (χ2n) is 4.70. The van der Waals surface area contributed by atoms with Gasteiger partial charge in [0.2, 0.25) is 0 Å². The van der Waals surface area contributed by atoms with Crippen molar-refractivity contribution in [3.8, 4) is 0 Å².